The fourth-order valence-corrected chi connectivity index (χ4v) is 7.77. The van der Waals surface area contributed by atoms with Crippen LogP contribution in [0, 0.1) is 24.7 Å². The average molecular weight is 435 g/mol. The van der Waals surface area contributed by atoms with Gasteiger partial charge in [0.1, 0.15) is 0 Å². The Balaban J connectivity index is 1.45. The topological polar surface area (TPSA) is 48.8 Å². The minimum Gasteiger partial charge on any atom is -0.341 e. The summed E-state index contributed by atoms with van der Waals surface area (Å²) in [6.07, 6.45) is 2.43. The molecule has 2 saturated heterocycles. The SMILES string of the molecule is Cc1c2n(c3ccccc13)CCN1C(=O)C[C@H]3[C@H](C(=O)N4CCC(N(C)C)C4)[C@@H](C)C[C@]231. The van der Waals surface area contributed by atoms with Crippen LogP contribution in [-0.2, 0) is 21.7 Å². The van der Waals surface area contributed by atoms with Crippen molar-refractivity contribution in [1.82, 2.24) is 19.3 Å². The number of para-hydroxylation sites is 1. The number of aromatic nitrogens is 1. The maximum atomic E-state index is 13.9. The van der Waals surface area contributed by atoms with Crippen molar-refractivity contribution in [2.75, 3.05) is 33.7 Å². The summed E-state index contributed by atoms with van der Waals surface area (Å²) in [6.45, 7) is 7.70. The molecule has 0 bridgehead atoms. The van der Waals surface area contributed by atoms with Gasteiger partial charge in [-0.1, -0.05) is 25.1 Å². The molecule has 6 nitrogen and oxygen atoms in total. The molecule has 3 fully saturated rings. The number of hydrogen-bond donors (Lipinski definition) is 0. The number of benzene rings is 1. The van der Waals surface area contributed by atoms with E-state index >= 15 is 0 Å². The first-order chi connectivity index (χ1) is 15.3. The molecule has 2 amide bonds. The van der Waals surface area contributed by atoms with Crippen LogP contribution in [0.3, 0.4) is 0 Å². The molecule has 0 radical (unpaired) electrons. The van der Waals surface area contributed by atoms with E-state index in [2.05, 4.69) is 71.5 Å². The molecule has 1 aliphatic carbocycles. The van der Waals surface area contributed by atoms with E-state index in [-0.39, 0.29) is 35.1 Å². The van der Waals surface area contributed by atoms with Crippen molar-refractivity contribution < 1.29 is 9.59 Å². The third-order valence-electron chi connectivity index (χ3n) is 9.14. The molecule has 3 aliphatic heterocycles. The molecule has 1 aromatic heterocycles. The number of nitrogens with zero attached hydrogens (tertiary/aromatic N) is 4. The van der Waals surface area contributed by atoms with Gasteiger partial charge in [0.2, 0.25) is 11.8 Å². The van der Waals surface area contributed by atoms with E-state index in [1.54, 1.807) is 0 Å². The summed E-state index contributed by atoms with van der Waals surface area (Å²) in [5, 5.41) is 1.28. The van der Waals surface area contributed by atoms with Crippen LogP contribution in [-0.4, -0.2) is 70.9 Å². The summed E-state index contributed by atoms with van der Waals surface area (Å²) < 4.78 is 2.46. The molecule has 4 aliphatic rings. The van der Waals surface area contributed by atoms with E-state index < -0.39 is 0 Å². The predicted octanol–water partition coefficient (Wildman–Crippen LogP) is 2.83. The van der Waals surface area contributed by atoms with E-state index in [9.17, 15) is 9.59 Å². The quantitative estimate of drug-likeness (QED) is 0.730. The van der Waals surface area contributed by atoms with Crippen LogP contribution in [0.2, 0.25) is 0 Å². The van der Waals surface area contributed by atoms with Gasteiger partial charge in [0.15, 0.2) is 0 Å². The van der Waals surface area contributed by atoms with E-state index in [1.165, 1.54) is 22.2 Å². The maximum absolute atomic E-state index is 13.9. The molecule has 1 saturated carbocycles. The number of carbonyl (C=O) groups excluding carboxylic acids is 2. The zero-order chi connectivity index (χ0) is 22.4. The first kappa shape index (κ1) is 20.3. The van der Waals surface area contributed by atoms with E-state index in [0.29, 0.717) is 12.5 Å². The van der Waals surface area contributed by atoms with Gasteiger partial charge < -0.3 is 19.3 Å². The number of fused-ring (bicyclic) bond motifs is 3. The Morgan fingerprint density at radius 1 is 1.16 bits per heavy atom. The number of rotatable bonds is 2. The van der Waals surface area contributed by atoms with Gasteiger partial charge in [0.25, 0.3) is 0 Å². The van der Waals surface area contributed by atoms with Crippen LogP contribution in [0.15, 0.2) is 24.3 Å². The summed E-state index contributed by atoms with van der Waals surface area (Å²) in [5.74, 6) is 0.782. The van der Waals surface area contributed by atoms with Crippen LogP contribution in [0.1, 0.15) is 37.4 Å². The third kappa shape index (κ3) is 2.45. The normalized spacial score (nSPS) is 33.8. The monoisotopic (exact) mass is 434 g/mol. The summed E-state index contributed by atoms with van der Waals surface area (Å²) in [4.78, 5) is 33.6. The van der Waals surface area contributed by atoms with E-state index in [4.69, 9.17) is 0 Å². The molecule has 170 valence electrons. The highest BCUT2D eigenvalue weighted by Gasteiger charge is 2.66. The second-order valence-electron chi connectivity index (χ2n) is 10.8. The van der Waals surface area contributed by atoms with Crippen molar-refractivity contribution in [2.24, 2.45) is 17.8 Å². The van der Waals surface area contributed by atoms with Gasteiger partial charge in [-0.25, -0.2) is 0 Å². The molecule has 6 rings (SSSR count). The Morgan fingerprint density at radius 3 is 2.69 bits per heavy atom. The van der Waals surface area contributed by atoms with Crippen molar-refractivity contribution in [1.29, 1.82) is 0 Å². The Kier molecular flexibility index (Phi) is 4.33. The summed E-state index contributed by atoms with van der Waals surface area (Å²) in [6, 6.07) is 9.05. The van der Waals surface area contributed by atoms with Gasteiger partial charge in [0.05, 0.1) is 5.54 Å². The smallest absolute Gasteiger partial charge is 0.226 e. The van der Waals surface area contributed by atoms with Crippen LogP contribution in [0.25, 0.3) is 10.9 Å². The molecule has 1 spiro atoms. The predicted molar refractivity (Wildman–Crippen MR) is 124 cm³/mol. The molecule has 2 aromatic rings. The van der Waals surface area contributed by atoms with E-state index in [0.717, 1.165) is 39.0 Å². The van der Waals surface area contributed by atoms with Crippen molar-refractivity contribution in [2.45, 2.75) is 51.2 Å². The van der Waals surface area contributed by atoms with Gasteiger partial charge in [-0.05, 0) is 51.4 Å². The second-order valence-corrected chi connectivity index (χ2v) is 10.8. The van der Waals surface area contributed by atoms with Gasteiger partial charge in [0, 0.05) is 67.1 Å². The molecule has 0 N–H and O–H groups in total. The Labute approximate surface area is 190 Å². The minimum absolute atomic E-state index is 0.0676. The lowest BCUT2D eigenvalue weighted by Crippen LogP contribution is -2.52. The van der Waals surface area contributed by atoms with E-state index in [1.807, 2.05) is 0 Å². The molecular formula is C26H34N4O2. The third-order valence-corrected chi connectivity index (χ3v) is 9.14. The van der Waals surface area contributed by atoms with Gasteiger partial charge in [-0.3, -0.25) is 9.59 Å². The molecule has 5 atom stereocenters. The van der Waals surface area contributed by atoms with Crippen molar-refractivity contribution in [3.8, 4) is 0 Å². The number of likely N-dealkylation sites (tertiary alicyclic amines) is 1. The first-order valence-electron chi connectivity index (χ1n) is 12.2. The van der Waals surface area contributed by atoms with Crippen LogP contribution in [0.5, 0.6) is 0 Å². The van der Waals surface area contributed by atoms with Gasteiger partial charge >= 0.3 is 0 Å². The maximum Gasteiger partial charge on any atom is 0.226 e. The van der Waals surface area contributed by atoms with Gasteiger partial charge in [-0.15, -0.1) is 0 Å². The van der Waals surface area contributed by atoms with Crippen LogP contribution in [0.4, 0.5) is 0 Å². The standard InChI is InChI=1S/C26H34N4O2/c1-16-14-26-20(23(16)25(32)28-10-9-18(15-28)27(3)4)13-22(31)30(26)12-11-29-21-8-6-5-7-19(21)17(2)24(26)29/h5-8,16,18,20,23H,9-15H2,1-4H3/t16-,18?,20-,23+,26+/m0/s1. The summed E-state index contributed by atoms with van der Waals surface area (Å²) in [7, 11) is 4.20. The second kappa shape index (κ2) is 6.83. The highest BCUT2D eigenvalue weighted by atomic mass is 16.2. The lowest BCUT2D eigenvalue weighted by atomic mass is 9.78. The lowest BCUT2D eigenvalue weighted by Gasteiger charge is -2.44. The number of aryl methyl sites for hydroxylation is 1. The Hall–Kier alpha value is -2.34. The first-order valence-corrected chi connectivity index (χ1v) is 12.2. The zero-order valence-electron chi connectivity index (χ0n) is 19.7. The fraction of sp³-hybridized carbons (Fsp3) is 0.615. The number of likely N-dealkylation sites (N-methyl/N-ethyl adjacent to an activating group) is 1. The molecule has 32 heavy (non-hydrogen) atoms. The molecule has 1 aromatic carbocycles. The van der Waals surface area contributed by atoms with Crippen molar-refractivity contribution in [3.05, 3.63) is 35.5 Å². The summed E-state index contributed by atoms with van der Waals surface area (Å²) >= 11 is 0. The Bertz CT molecular complexity index is 1120. The van der Waals surface area contributed by atoms with Crippen LogP contribution >= 0.6 is 0 Å². The summed E-state index contributed by atoms with van der Waals surface area (Å²) in [5.41, 5.74) is 3.52. The van der Waals surface area contributed by atoms with Crippen LogP contribution < -0.4 is 0 Å². The molecule has 4 heterocycles. The molecule has 1 unspecified atom stereocenters. The molecule has 6 heteroatoms. The average Bonchev–Trinajstić information content (AvgIpc) is 3.49. The minimum atomic E-state index is -0.334. The highest BCUT2D eigenvalue weighted by molar-refractivity contribution is 5.90. The zero-order valence-corrected chi connectivity index (χ0v) is 19.7. The van der Waals surface area contributed by atoms with Crippen molar-refractivity contribution in [3.63, 3.8) is 0 Å². The lowest BCUT2D eigenvalue weighted by molar-refractivity contribution is -0.137. The molecular weight excluding hydrogens is 400 g/mol. The highest BCUT2D eigenvalue weighted by Crippen LogP contribution is 2.61. The largest absolute Gasteiger partial charge is 0.341 e. The number of hydrogen-bond acceptors (Lipinski definition) is 3. The van der Waals surface area contributed by atoms with Crippen molar-refractivity contribution >= 4 is 22.7 Å². The Morgan fingerprint density at radius 2 is 1.94 bits per heavy atom. The number of amides is 2. The van der Waals surface area contributed by atoms with Gasteiger partial charge in [-0.2, -0.15) is 0 Å². The fourth-order valence-electron chi connectivity index (χ4n) is 7.77. The number of carbonyl (C=O) groups is 2.